The molecule has 0 bridgehead atoms. The van der Waals surface area contributed by atoms with Crippen LogP contribution in [0.1, 0.15) is 45.1 Å². The molecule has 1 N–H and O–H groups in total. The van der Waals surface area contributed by atoms with Crippen LogP contribution in [0.3, 0.4) is 0 Å². The smallest absolute Gasteiger partial charge is 0.296 e. The molecule has 1 amide bonds. The third kappa shape index (κ3) is 2.43. The topological polar surface area (TPSA) is 78.9 Å². The van der Waals surface area contributed by atoms with Gasteiger partial charge in [-0.25, -0.2) is 0 Å². The first-order chi connectivity index (χ1) is 10.1. The Morgan fingerprint density at radius 2 is 2.24 bits per heavy atom. The van der Waals surface area contributed by atoms with Gasteiger partial charge in [-0.3, -0.25) is 4.79 Å². The van der Waals surface area contributed by atoms with Crippen molar-refractivity contribution in [1.29, 1.82) is 5.26 Å². The van der Waals surface area contributed by atoms with Crippen LogP contribution >= 0.6 is 22.9 Å². The minimum absolute atomic E-state index is 0.0237. The van der Waals surface area contributed by atoms with E-state index < -0.39 is 5.91 Å². The van der Waals surface area contributed by atoms with Gasteiger partial charge in [0.1, 0.15) is 16.1 Å². The molecule has 1 aliphatic rings. The summed E-state index contributed by atoms with van der Waals surface area (Å²) in [6.45, 7) is 1.66. The van der Waals surface area contributed by atoms with Crippen molar-refractivity contribution in [3.63, 3.8) is 0 Å². The molecule has 0 aliphatic heterocycles. The van der Waals surface area contributed by atoms with E-state index in [1.165, 1.54) is 16.2 Å². The van der Waals surface area contributed by atoms with Crippen molar-refractivity contribution in [3.05, 3.63) is 32.5 Å². The molecule has 2 aromatic rings. The molecular formula is C14H12ClN3O2S. The second kappa shape index (κ2) is 5.51. The lowest BCUT2D eigenvalue weighted by Crippen LogP contribution is -2.11. The number of nitriles is 1. The minimum Gasteiger partial charge on any atom is -0.349 e. The lowest BCUT2D eigenvalue weighted by atomic mass is 9.96. The fourth-order valence-corrected chi connectivity index (χ4v) is 3.82. The van der Waals surface area contributed by atoms with Crippen molar-refractivity contribution in [3.8, 4) is 6.07 Å². The Labute approximate surface area is 130 Å². The molecule has 108 valence electrons. The molecule has 21 heavy (non-hydrogen) atoms. The summed E-state index contributed by atoms with van der Waals surface area (Å²) in [6.07, 6.45) is 4.07. The Hall–Kier alpha value is -1.84. The predicted octanol–water partition coefficient (Wildman–Crippen LogP) is 3.70. The Bertz CT molecular complexity index is 757. The number of aryl methyl sites for hydroxylation is 2. The van der Waals surface area contributed by atoms with E-state index in [4.69, 9.17) is 16.1 Å². The predicted molar refractivity (Wildman–Crippen MR) is 79.9 cm³/mol. The van der Waals surface area contributed by atoms with Crippen LogP contribution < -0.4 is 5.32 Å². The van der Waals surface area contributed by atoms with Gasteiger partial charge in [-0.1, -0.05) is 16.8 Å². The van der Waals surface area contributed by atoms with Crippen molar-refractivity contribution in [2.24, 2.45) is 0 Å². The van der Waals surface area contributed by atoms with Gasteiger partial charge in [0.25, 0.3) is 5.91 Å². The number of fused-ring (bicyclic) bond motifs is 1. The van der Waals surface area contributed by atoms with Gasteiger partial charge in [-0.2, -0.15) is 5.26 Å². The Morgan fingerprint density at radius 3 is 2.90 bits per heavy atom. The number of amides is 1. The number of rotatable bonds is 2. The van der Waals surface area contributed by atoms with E-state index in [9.17, 15) is 10.1 Å². The van der Waals surface area contributed by atoms with Crippen molar-refractivity contribution in [2.75, 3.05) is 5.32 Å². The number of anilines is 1. The summed E-state index contributed by atoms with van der Waals surface area (Å²) in [7, 11) is 0. The maximum Gasteiger partial charge on any atom is 0.296 e. The molecule has 0 unspecified atom stereocenters. The monoisotopic (exact) mass is 321 g/mol. The second-order valence-corrected chi connectivity index (χ2v) is 6.38. The van der Waals surface area contributed by atoms with Crippen LogP contribution in [0.25, 0.3) is 0 Å². The average molecular weight is 322 g/mol. The van der Waals surface area contributed by atoms with Gasteiger partial charge in [-0.15, -0.1) is 11.3 Å². The first kappa shape index (κ1) is 14.1. The van der Waals surface area contributed by atoms with Crippen LogP contribution in [-0.4, -0.2) is 11.1 Å². The maximum atomic E-state index is 12.2. The number of hydrogen-bond donors (Lipinski definition) is 1. The summed E-state index contributed by atoms with van der Waals surface area (Å²) in [5.41, 5.74) is 2.10. The minimum atomic E-state index is -0.476. The van der Waals surface area contributed by atoms with Gasteiger partial charge in [0.05, 0.1) is 11.3 Å². The van der Waals surface area contributed by atoms with E-state index in [0.717, 1.165) is 31.2 Å². The number of nitrogens with one attached hydrogen (secondary N) is 1. The molecule has 0 atom stereocenters. The molecule has 2 aromatic heterocycles. The van der Waals surface area contributed by atoms with E-state index in [0.29, 0.717) is 16.3 Å². The Morgan fingerprint density at radius 1 is 1.48 bits per heavy atom. The maximum absolute atomic E-state index is 12.2. The van der Waals surface area contributed by atoms with E-state index in [1.807, 2.05) is 0 Å². The fraction of sp³-hybridized carbons (Fsp3) is 0.357. The van der Waals surface area contributed by atoms with Crippen LogP contribution in [0.5, 0.6) is 0 Å². The molecule has 0 saturated carbocycles. The van der Waals surface area contributed by atoms with Gasteiger partial charge < -0.3 is 9.84 Å². The standard InChI is InChI=1S/C14H12ClN3O2S/c1-7-11(15)12(20-18-7)13(19)17-14-9(6-16)8-4-2-3-5-10(8)21-14/h2-5H2,1H3,(H,17,19). The first-order valence-electron chi connectivity index (χ1n) is 6.59. The summed E-state index contributed by atoms with van der Waals surface area (Å²) < 4.78 is 4.93. The van der Waals surface area contributed by atoms with E-state index >= 15 is 0 Å². The molecule has 0 aromatic carbocycles. The SMILES string of the molecule is Cc1noc(C(=O)Nc2sc3c(c2C#N)CCCC3)c1Cl. The molecule has 0 saturated heterocycles. The largest absolute Gasteiger partial charge is 0.349 e. The zero-order chi connectivity index (χ0) is 15.0. The van der Waals surface area contributed by atoms with Gasteiger partial charge >= 0.3 is 0 Å². The zero-order valence-corrected chi connectivity index (χ0v) is 12.9. The number of thiophene rings is 1. The molecule has 2 heterocycles. The van der Waals surface area contributed by atoms with Crippen LogP contribution in [0.4, 0.5) is 5.00 Å². The molecule has 1 aliphatic carbocycles. The molecule has 0 radical (unpaired) electrons. The highest BCUT2D eigenvalue weighted by Crippen LogP contribution is 2.38. The van der Waals surface area contributed by atoms with Gasteiger partial charge in [0.15, 0.2) is 0 Å². The van der Waals surface area contributed by atoms with E-state index in [2.05, 4.69) is 16.5 Å². The number of hydrogen-bond acceptors (Lipinski definition) is 5. The first-order valence-corrected chi connectivity index (χ1v) is 7.79. The fourth-order valence-electron chi connectivity index (χ4n) is 2.43. The number of aromatic nitrogens is 1. The van der Waals surface area contributed by atoms with Gasteiger partial charge in [0.2, 0.25) is 5.76 Å². The van der Waals surface area contributed by atoms with Crippen molar-refractivity contribution >= 4 is 33.8 Å². The summed E-state index contributed by atoms with van der Waals surface area (Å²) in [5, 5.41) is 16.5. The van der Waals surface area contributed by atoms with Crippen LogP contribution in [0.15, 0.2) is 4.52 Å². The lowest BCUT2D eigenvalue weighted by molar-refractivity contribution is 0.0988. The number of carbonyl (C=O) groups is 1. The number of nitrogens with zero attached hydrogens (tertiary/aromatic N) is 2. The highest BCUT2D eigenvalue weighted by molar-refractivity contribution is 7.16. The van der Waals surface area contributed by atoms with Gasteiger partial charge in [0, 0.05) is 4.88 Å². The number of carbonyl (C=O) groups excluding carboxylic acids is 1. The summed E-state index contributed by atoms with van der Waals surface area (Å²) in [5.74, 6) is -0.500. The molecule has 7 heteroatoms. The third-order valence-electron chi connectivity index (χ3n) is 3.51. The van der Waals surface area contributed by atoms with Crippen molar-refractivity contribution in [2.45, 2.75) is 32.6 Å². The lowest BCUT2D eigenvalue weighted by Gasteiger charge is -2.09. The second-order valence-electron chi connectivity index (χ2n) is 4.89. The summed E-state index contributed by atoms with van der Waals surface area (Å²) in [6, 6.07) is 2.20. The molecule has 3 rings (SSSR count). The Kier molecular flexibility index (Phi) is 3.70. The van der Waals surface area contributed by atoms with Gasteiger partial charge in [-0.05, 0) is 38.2 Å². The van der Waals surface area contributed by atoms with Crippen LogP contribution in [-0.2, 0) is 12.8 Å². The molecule has 5 nitrogen and oxygen atoms in total. The average Bonchev–Trinajstić information content (AvgIpc) is 2.99. The quantitative estimate of drug-likeness (QED) is 0.914. The molecule has 0 spiro atoms. The van der Waals surface area contributed by atoms with E-state index in [-0.39, 0.29) is 10.8 Å². The van der Waals surface area contributed by atoms with Crippen LogP contribution in [0.2, 0.25) is 5.02 Å². The Balaban J connectivity index is 1.92. The third-order valence-corrected chi connectivity index (χ3v) is 5.16. The zero-order valence-electron chi connectivity index (χ0n) is 11.3. The molecular weight excluding hydrogens is 310 g/mol. The highest BCUT2D eigenvalue weighted by atomic mass is 35.5. The molecule has 0 fully saturated rings. The van der Waals surface area contributed by atoms with Crippen molar-refractivity contribution < 1.29 is 9.32 Å². The summed E-state index contributed by atoms with van der Waals surface area (Å²) >= 11 is 7.43. The van der Waals surface area contributed by atoms with Crippen molar-refractivity contribution in [1.82, 2.24) is 5.16 Å². The summed E-state index contributed by atoms with van der Waals surface area (Å²) in [4.78, 5) is 13.4. The number of halogens is 1. The normalized spacial score (nSPS) is 13.6. The van der Waals surface area contributed by atoms with Crippen LogP contribution in [0, 0.1) is 18.3 Å². The van der Waals surface area contributed by atoms with E-state index in [1.54, 1.807) is 6.92 Å². The highest BCUT2D eigenvalue weighted by Gasteiger charge is 2.24.